The Hall–Kier alpha value is -2.98. The lowest BCUT2D eigenvalue weighted by molar-refractivity contribution is -0.396. The molecule has 0 unspecified atom stereocenters. The van der Waals surface area contributed by atoms with Crippen molar-refractivity contribution < 1.29 is 19.7 Å². The maximum absolute atomic E-state index is 11.2. The second-order valence-electron chi connectivity index (χ2n) is 4.93. The normalized spacial score (nSPS) is 10.6. The standard InChI is InChI=1S/C15H13N3O6S/c19-15(20)10-16(9-11-4-2-1-3-5-11)25-14-7-6-12(17(21)22)8-13(14)18(23)24/h1-8H,9-10H2,(H,19,20). The van der Waals surface area contributed by atoms with Crippen LogP contribution in [0.2, 0.25) is 0 Å². The third-order valence-electron chi connectivity index (χ3n) is 3.09. The molecule has 1 N–H and O–H groups in total. The summed E-state index contributed by atoms with van der Waals surface area (Å²) >= 11 is 0.875. The van der Waals surface area contributed by atoms with E-state index < -0.39 is 27.2 Å². The number of nitro groups is 2. The minimum absolute atomic E-state index is 0.132. The largest absolute Gasteiger partial charge is 0.480 e. The van der Waals surface area contributed by atoms with Crippen molar-refractivity contribution in [1.82, 2.24) is 4.31 Å². The van der Waals surface area contributed by atoms with Gasteiger partial charge in [-0.1, -0.05) is 30.3 Å². The van der Waals surface area contributed by atoms with Crippen LogP contribution in [0.1, 0.15) is 5.56 Å². The first-order chi connectivity index (χ1) is 11.9. The zero-order chi connectivity index (χ0) is 18.4. The Bertz CT molecular complexity index is 799. The summed E-state index contributed by atoms with van der Waals surface area (Å²) in [6.07, 6.45) is 0. The number of rotatable bonds is 8. The third kappa shape index (κ3) is 5.26. The highest BCUT2D eigenvalue weighted by Gasteiger charge is 2.23. The first-order valence-corrected chi connectivity index (χ1v) is 7.75. The number of nitrogens with zero attached hydrogens (tertiary/aromatic N) is 3. The predicted molar refractivity (Wildman–Crippen MR) is 90.1 cm³/mol. The van der Waals surface area contributed by atoms with Crippen molar-refractivity contribution in [3.05, 3.63) is 74.3 Å². The van der Waals surface area contributed by atoms with Gasteiger partial charge in [-0.2, -0.15) is 0 Å². The Balaban J connectivity index is 2.29. The van der Waals surface area contributed by atoms with Gasteiger partial charge in [-0.15, -0.1) is 0 Å². The molecule has 0 atom stereocenters. The van der Waals surface area contributed by atoms with E-state index in [2.05, 4.69) is 0 Å². The molecule has 10 heteroatoms. The van der Waals surface area contributed by atoms with E-state index in [1.54, 1.807) is 24.3 Å². The molecule has 130 valence electrons. The zero-order valence-corrected chi connectivity index (χ0v) is 13.6. The molecule has 0 heterocycles. The fourth-order valence-corrected chi connectivity index (χ4v) is 3.06. The van der Waals surface area contributed by atoms with Crippen molar-refractivity contribution in [3.8, 4) is 0 Å². The van der Waals surface area contributed by atoms with Gasteiger partial charge >= 0.3 is 5.97 Å². The lowest BCUT2D eigenvalue weighted by Crippen LogP contribution is -2.23. The van der Waals surface area contributed by atoms with E-state index in [-0.39, 0.29) is 18.0 Å². The molecule has 0 amide bonds. The van der Waals surface area contributed by atoms with Gasteiger partial charge in [-0.25, -0.2) is 4.31 Å². The maximum Gasteiger partial charge on any atom is 0.318 e. The minimum Gasteiger partial charge on any atom is -0.480 e. The first kappa shape index (κ1) is 18.4. The van der Waals surface area contributed by atoms with Crippen LogP contribution in [0.25, 0.3) is 0 Å². The van der Waals surface area contributed by atoms with Gasteiger partial charge in [-0.05, 0) is 23.6 Å². The van der Waals surface area contributed by atoms with Crippen LogP contribution in [0.5, 0.6) is 0 Å². The molecule has 0 saturated heterocycles. The summed E-state index contributed by atoms with van der Waals surface area (Å²) in [6.45, 7) is -0.111. The molecule has 0 bridgehead atoms. The second kappa shape index (κ2) is 8.22. The van der Waals surface area contributed by atoms with Gasteiger partial charge in [0.2, 0.25) is 0 Å². The summed E-state index contributed by atoms with van der Waals surface area (Å²) in [5, 5.41) is 31.0. The summed E-state index contributed by atoms with van der Waals surface area (Å²) in [6, 6.07) is 12.3. The number of benzene rings is 2. The number of carbonyl (C=O) groups is 1. The van der Waals surface area contributed by atoms with Crippen LogP contribution in [-0.4, -0.2) is 31.8 Å². The number of non-ortho nitro benzene ring substituents is 1. The summed E-state index contributed by atoms with van der Waals surface area (Å²) in [5.41, 5.74) is -0.00707. The van der Waals surface area contributed by atoms with Crippen molar-refractivity contribution in [1.29, 1.82) is 0 Å². The molecular formula is C15H13N3O6S. The van der Waals surface area contributed by atoms with Crippen LogP contribution in [-0.2, 0) is 11.3 Å². The van der Waals surface area contributed by atoms with Gasteiger partial charge in [0.1, 0.15) is 11.4 Å². The van der Waals surface area contributed by atoms with E-state index in [1.807, 2.05) is 6.07 Å². The van der Waals surface area contributed by atoms with Gasteiger partial charge in [0, 0.05) is 12.6 Å². The maximum atomic E-state index is 11.2. The van der Waals surface area contributed by atoms with Crippen molar-refractivity contribution in [2.75, 3.05) is 6.54 Å². The predicted octanol–water partition coefficient (Wildman–Crippen LogP) is 3.10. The van der Waals surface area contributed by atoms with Crippen molar-refractivity contribution in [2.24, 2.45) is 0 Å². The van der Waals surface area contributed by atoms with Crippen LogP contribution < -0.4 is 0 Å². The quantitative estimate of drug-likeness (QED) is 0.430. The monoisotopic (exact) mass is 363 g/mol. The molecule has 9 nitrogen and oxygen atoms in total. The summed E-state index contributed by atoms with van der Waals surface area (Å²) in [5.74, 6) is -1.09. The summed E-state index contributed by atoms with van der Waals surface area (Å²) in [7, 11) is 0. The Morgan fingerprint density at radius 3 is 2.32 bits per heavy atom. The van der Waals surface area contributed by atoms with E-state index in [9.17, 15) is 25.0 Å². The lowest BCUT2D eigenvalue weighted by Gasteiger charge is -2.19. The van der Waals surface area contributed by atoms with Crippen molar-refractivity contribution in [2.45, 2.75) is 11.4 Å². The zero-order valence-electron chi connectivity index (χ0n) is 12.8. The average Bonchev–Trinajstić information content (AvgIpc) is 2.55. The van der Waals surface area contributed by atoms with Crippen LogP contribution in [0.4, 0.5) is 11.4 Å². The molecular weight excluding hydrogens is 350 g/mol. The molecule has 0 spiro atoms. The highest BCUT2D eigenvalue weighted by molar-refractivity contribution is 7.97. The van der Waals surface area contributed by atoms with Crippen LogP contribution in [0.15, 0.2) is 53.4 Å². The molecule has 0 aliphatic heterocycles. The molecule has 0 fully saturated rings. The van der Waals surface area contributed by atoms with Crippen LogP contribution >= 0.6 is 11.9 Å². The van der Waals surface area contributed by atoms with E-state index >= 15 is 0 Å². The van der Waals surface area contributed by atoms with Crippen molar-refractivity contribution >= 4 is 29.3 Å². The molecule has 0 saturated carbocycles. The minimum atomic E-state index is -1.09. The smallest absolute Gasteiger partial charge is 0.318 e. The third-order valence-corrected chi connectivity index (χ3v) is 4.15. The number of carboxylic acids is 1. The number of hydrogen-bond donors (Lipinski definition) is 1. The number of hydrogen-bond acceptors (Lipinski definition) is 7. The molecule has 25 heavy (non-hydrogen) atoms. The Labute approximate surface area is 146 Å². The van der Waals surface area contributed by atoms with Gasteiger partial charge in [-0.3, -0.25) is 25.0 Å². The molecule has 2 aromatic rings. The van der Waals surface area contributed by atoms with E-state index in [1.165, 1.54) is 10.4 Å². The number of carboxylic acid groups (broad SMARTS) is 1. The van der Waals surface area contributed by atoms with E-state index in [4.69, 9.17) is 5.11 Å². The van der Waals surface area contributed by atoms with Crippen LogP contribution in [0, 0.1) is 20.2 Å². The fraction of sp³-hybridized carbons (Fsp3) is 0.133. The summed E-state index contributed by atoms with van der Waals surface area (Å²) in [4.78, 5) is 31.7. The summed E-state index contributed by atoms with van der Waals surface area (Å²) < 4.78 is 1.44. The molecule has 0 radical (unpaired) electrons. The van der Waals surface area contributed by atoms with Gasteiger partial charge in [0.05, 0.1) is 15.9 Å². The topological polar surface area (TPSA) is 127 Å². The number of aliphatic carboxylic acids is 1. The van der Waals surface area contributed by atoms with Gasteiger partial charge in [0.25, 0.3) is 11.4 Å². The lowest BCUT2D eigenvalue weighted by atomic mass is 10.2. The first-order valence-electron chi connectivity index (χ1n) is 6.98. The van der Waals surface area contributed by atoms with Gasteiger partial charge < -0.3 is 5.11 Å². The van der Waals surface area contributed by atoms with E-state index in [0.29, 0.717) is 0 Å². The Kier molecular flexibility index (Phi) is 6.03. The van der Waals surface area contributed by atoms with Crippen LogP contribution in [0.3, 0.4) is 0 Å². The Morgan fingerprint density at radius 2 is 1.76 bits per heavy atom. The molecule has 0 aliphatic carbocycles. The SMILES string of the molecule is O=C(O)CN(Cc1ccccc1)Sc1ccc([N+](=O)[O-])cc1[N+](=O)[O-]. The molecule has 0 aromatic heterocycles. The highest BCUT2D eigenvalue weighted by atomic mass is 32.2. The van der Waals surface area contributed by atoms with Gasteiger partial charge in [0.15, 0.2) is 0 Å². The second-order valence-corrected chi connectivity index (χ2v) is 6.07. The molecule has 2 aromatic carbocycles. The number of nitro benzene ring substituents is 2. The Morgan fingerprint density at radius 1 is 1.08 bits per heavy atom. The van der Waals surface area contributed by atoms with Crippen molar-refractivity contribution in [3.63, 3.8) is 0 Å². The molecule has 0 aliphatic rings. The van der Waals surface area contributed by atoms with E-state index in [0.717, 1.165) is 29.6 Å². The molecule has 2 rings (SSSR count). The highest BCUT2D eigenvalue weighted by Crippen LogP contribution is 2.35. The average molecular weight is 363 g/mol. The fourth-order valence-electron chi connectivity index (χ4n) is 2.04.